The molecule has 0 spiro atoms. The predicted molar refractivity (Wildman–Crippen MR) is 109 cm³/mol. The molecule has 0 aliphatic carbocycles. The molecule has 7 nitrogen and oxygen atoms in total. The van der Waals surface area contributed by atoms with Crippen LogP contribution in [0.4, 0.5) is 0 Å². The van der Waals surface area contributed by atoms with E-state index in [2.05, 4.69) is 15.0 Å². The monoisotopic (exact) mass is 408 g/mol. The average molecular weight is 409 g/mol. The van der Waals surface area contributed by atoms with Gasteiger partial charge >= 0.3 is 5.97 Å². The largest absolute Gasteiger partial charge is 0.487 e. The molecule has 0 aliphatic rings. The molecule has 0 amide bonds. The molecule has 0 unspecified atom stereocenters. The number of aromatic nitrogens is 4. The first-order chi connectivity index (χ1) is 14.1. The third kappa shape index (κ3) is 3.64. The fourth-order valence-corrected chi connectivity index (χ4v) is 3.32. The van der Waals surface area contributed by atoms with Gasteiger partial charge in [-0.1, -0.05) is 23.7 Å². The number of benzene rings is 1. The van der Waals surface area contributed by atoms with Crippen molar-refractivity contribution in [3.05, 3.63) is 77.2 Å². The summed E-state index contributed by atoms with van der Waals surface area (Å²) in [5.41, 5.74) is 3.28. The summed E-state index contributed by atoms with van der Waals surface area (Å²) in [6.45, 7) is 1.99. The van der Waals surface area contributed by atoms with Gasteiger partial charge in [-0.05, 0) is 19.1 Å². The Morgan fingerprint density at radius 1 is 1.24 bits per heavy atom. The van der Waals surface area contributed by atoms with Gasteiger partial charge in [-0.2, -0.15) is 0 Å². The van der Waals surface area contributed by atoms with Crippen molar-refractivity contribution in [2.45, 2.75) is 13.5 Å². The van der Waals surface area contributed by atoms with Gasteiger partial charge in [-0.3, -0.25) is 4.98 Å². The predicted octanol–water partition coefficient (Wildman–Crippen LogP) is 4.14. The van der Waals surface area contributed by atoms with E-state index in [0.717, 1.165) is 16.8 Å². The minimum Gasteiger partial charge on any atom is -0.487 e. The van der Waals surface area contributed by atoms with Gasteiger partial charge in [0.25, 0.3) is 0 Å². The van der Waals surface area contributed by atoms with E-state index < -0.39 is 5.97 Å². The maximum Gasteiger partial charge on any atom is 0.339 e. The van der Waals surface area contributed by atoms with E-state index in [4.69, 9.17) is 21.1 Å². The van der Waals surface area contributed by atoms with Crippen LogP contribution >= 0.6 is 11.6 Å². The number of hydrogen-bond donors (Lipinski definition) is 0. The Hall–Kier alpha value is -3.45. The SMILES string of the molecule is COC(=O)c1cncc(Cl)c1COc1cccc2c(-n3ccnc3)cc(C)nc12. The number of para-hydroxylation sites is 1. The van der Waals surface area contributed by atoms with Crippen LogP contribution in [0.5, 0.6) is 5.75 Å². The van der Waals surface area contributed by atoms with Gasteiger partial charge < -0.3 is 14.0 Å². The van der Waals surface area contributed by atoms with Crippen molar-refractivity contribution in [3.63, 3.8) is 0 Å². The maximum absolute atomic E-state index is 12.0. The number of ether oxygens (including phenoxy) is 2. The van der Waals surface area contributed by atoms with Crippen LogP contribution in [-0.4, -0.2) is 32.6 Å². The molecule has 146 valence electrons. The number of halogens is 1. The van der Waals surface area contributed by atoms with E-state index in [9.17, 15) is 4.79 Å². The minimum absolute atomic E-state index is 0.0704. The lowest BCUT2D eigenvalue weighted by molar-refractivity contribution is 0.0597. The topological polar surface area (TPSA) is 79.1 Å². The summed E-state index contributed by atoms with van der Waals surface area (Å²) in [6.07, 6.45) is 8.22. The number of carbonyl (C=O) groups excluding carboxylic acids is 1. The summed E-state index contributed by atoms with van der Waals surface area (Å²) in [5.74, 6) is 0.0594. The van der Waals surface area contributed by atoms with E-state index in [1.54, 1.807) is 12.5 Å². The Morgan fingerprint density at radius 3 is 2.86 bits per heavy atom. The number of esters is 1. The molecule has 0 radical (unpaired) electrons. The average Bonchev–Trinajstić information content (AvgIpc) is 3.26. The Balaban J connectivity index is 1.75. The molecule has 0 fully saturated rings. The summed E-state index contributed by atoms with van der Waals surface area (Å²) < 4.78 is 12.8. The summed E-state index contributed by atoms with van der Waals surface area (Å²) in [7, 11) is 1.31. The van der Waals surface area contributed by atoms with Crippen molar-refractivity contribution < 1.29 is 14.3 Å². The second kappa shape index (κ2) is 7.89. The third-order valence-electron chi connectivity index (χ3n) is 4.47. The highest BCUT2D eigenvalue weighted by atomic mass is 35.5. The van der Waals surface area contributed by atoms with Crippen LogP contribution in [-0.2, 0) is 11.3 Å². The molecule has 29 heavy (non-hydrogen) atoms. The van der Waals surface area contributed by atoms with Crippen LogP contribution < -0.4 is 4.74 Å². The zero-order valence-electron chi connectivity index (χ0n) is 15.8. The van der Waals surface area contributed by atoms with Crippen LogP contribution in [0, 0.1) is 6.92 Å². The van der Waals surface area contributed by atoms with E-state index >= 15 is 0 Å². The standard InChI is InChI=1S/C21H17ClN4O3/c1-13-8-18(26-7-6-23-12-26)14-4-3-5-19(20(14)25-13)29-11-16-15(21(27)28-2)9-24-10-17(16)22/h3-10,12H,11H2,1-2H3. The molecule has 0 aliphatic heterocycles. The molecule has 3 aromatic heterocycles. The molecule has 0 atom stereocenters. The first-order valence-electron chi connectivity index (χ1n) is 8.80. The Kier molecular flexibility index (Phi) is 5.14. The molecule has 0 bridgehead atoms. The normalized spacial score (nSPS) is 10.9. The van der Waals surface area contributed by atoms with Crippen molar-refractivity contribution in [2.24, 2.45) is 0 Å². The molecule has 4 aromatic rings. The molecule has 3 heterocycles. The number of nitrogens with zero attached hydrogens (tertiary/aromatic N) is 4. The molecule has 8 heteroatoms. The zero-order chi connectivity index (χ0) is 20.4. The summed E-state index contributed by atoms with van der Waals surface area (Å²) in [5, 5.41) is 1.25. The van der Waals surface area contributed by atoms with Crippen molar-refractivity contribution >= 4 is 28.5 Å². The molecular formula is C21H17ClN4O3. The van der Waals surface area contributed by atoms with Gasteiger partial charge in [0.2, 0.25) is 0 Å². The first kappa shape index (κ1) is 18.9. The fraction of sp³-hybridized carbons (Fsp3) is 0.143. The fourth-order valence-electron chi connectivity index (χ4n) is 3.10. The molecule has 0 saturated carbocycles. The number of fused-ring (bicyclic) bond motifs is 1. The van der Waals surface area contributed by atoms with E-state index in [1.165, 1.54) is 19.5 Å². The minimum atomic E-state index is -0.520. The number of carbonyl (C=O) groups is 1. The first-order valence-corrected chi connectivity index (χ1v) is 9.18. The van der Waals surface area contributed by atoms with E-state index in [0.29, 0.717) is 21.9 Å². The van der Waals surface area contributed by atoms with Crippen LogP contribution in [0.3, 0.4) is 0 Å². The van der Waals surface area contributed by atoms with E-state index in [-0.39, 0.29) is 12.2 Å². The molecular weight excluding hydrogens is 392 g/mol. The number of pyridine rings is 2. The number of aryl methyl sites for hydroxylation is 1. The van der Waals surface area contributed by atoms with Crippen LogP contribution in [0.25, 0.3) is 16.6 Å². The van der Waals surface area contributed by atoms with Crippen LogP contribution in [0.2, 0.25) is 5.02 Å². The van der Waals surface area contributed by atoms with Crippen LogP contribution in [0.15, 0.2) is 55.4 Å². The van der Waals surface area contributed by atoms with Crippen LogP contribution in [0.1, 0.15) is 21.6 Å². The highest BCUT2D eigenvalue weighted by Crippen LogP contribution is 2.30. The van der Waals surface area contributed by atoms with Gasteiger partial charge in [-0.15, -0.1) is 0 Å². The molecule has 1 aromatic carbocycles. The zero-order valence-corrected chi connectivity index (χ0v) is 16.6. The Labute approximate surface area is 171 Å². The third-order valence-corrected chi connectivity index (χ3v) is 4.80. The maximum atomic E-state index is 12.0. The summed E-state index contributed by atoms with van der Waals surface area (Å²) in [4.78, 5) is 24.8. The second-order valence-electron chi connectivity index (χ2n) is 6.33. The Morgan fingerprint density at radius 2 is 2.10 bits per heavy atom. The lowest BCUT2D eigenvalue weighted by atomic mass is 10.1. The van der Waals surface area contributed by atoms with Gasteiger partial charge in [-0.25, -0.2) is 14.8 Å². The van der Waals surface area contributed by atoms with Crippen molar-refractivity contribution in [2.75, 3.05) is 7.11 Å². The summed E-state index contributed by atoms with van der Waals surface area (Å²) in [6, 6.07) is 7.69. The number of hydrogen-bond acceptors (Lipinski definition) is 6. The quantitative estimate of drug-likeness (QED) is 0.462. The highest BCUT2D eigenvalue weighted by molar-refractivity contribution is 6.31. The van der Waals surface area contributed by atoms with E-state index in [1.807, 2.05) is 42.0 Å². The van der Waals surface area contributed by atoms with Crippen molar-refractivity contribution in [1.82, 2.24) is 19.5 Å². The molecule has 4 rings (SSSR count). The van der Waals surface area contributed by atoms with Crippen molar-refractivity contribution in [1.29, 1.82) is 0 Å². The number of imidazole rings is 1. The molecule has 0 N–H and O–H groups in total. The van der Waals surface area contributed by atoms with Crippen molar-refractivity contribution in [3.8, 4) is 11.4 Å². The van der Waals surface area contributed by atoms with Gasteiger partial charge in [0, 0.05) is 41.4 Å². The van der Waals surface area contributed by atoms with Gasteiger partial charge in [0.05, 0.1) is 29.7 Å². The second-order valence-corrected chi connectivity index (χ2v) is 6.74. The van der Waals surface area contributed by atoms with Gasteiger partial charge in [0.15, 0.2) is 0 Å². The smallest absolute Gasteiger partial charge is 0.339 e. The molecule has 0 saturated heterocycles. The number of methoxy groups -OCH3 is 1. The number of rotatable bonds is 5. The summed E-state index contributed by atoms with van der Waals surface area (Å²) >= 11 is 6.26. The lowest BCUT2D eigenvalue weighted by Gasteiger charge is -2.14. The highest BCUT2D eigenvalue weighted by Gasteiger charge is 2.17. The lowest BCUT2D eigenvalue weighted by Crippen LogP contribution is -2.09. The Bertz CT molecular complexity index is 1190. The van der Waals surface area contributed by atoms with Gasteiger partial charge in [0.1, 0.15) is 17.9 Å².